The Morgan fingerprint density at radius 3 is 2.70 bits per heavy atom. The minimum atomic E-state index is -0.626. The van der Waals surface area contributed by atoms with Gasteiger partial charge >= 0.3 is 0 Å². The van der Waals surface area contributed by atoms with Gasteiger partial charge in [-0.15, -0.1) is 0 Å². The van der Waals surface area contributed by atoms with Crippen LogP contribution < -0.4 is 5.32 Å². The lowest BCUT2D eigenvalue weighted by Gasteiger charge is -2.15. The molecule has 1 unspecified atom stereocenters. The zero-order valence-corrected chi connectivity index (χ0v) is 14.2. The number of aromatic amines is 1. The highest BCUT2D eigenvalue weighted by Gasteiger charge is 2.40. The Hall–Kier alpha value is -1.69. The van der Waals surface area contributed by atoms with E-state index in [-0.39, 0.29) is 5.92 Å². The Morgan fingerprint density at radius 1 is 1.61 bits per heavy atom. The summed E-state index contributed by atoms with van der Waals surface area (Å²) in [4.78, 5) is 12.4. The number of hydrogen-bond acceptors (Lipinski definition) is 4. The fourth-order valence-corrected chi connectivity index (χ4v) is 2.66. The number of likely N-dealkylation sites (N-methyl/N-ethyl adjacent to an activating group) is 1. The average molecular weight is 322 g/mol. The molecule has 0 amide bonds. The van der Waals surface area contributed by atoms with Crippen LogP contribution in [0.3, 0.4) is 0 Å². The second kappa shape index (κ2) is 7.73. The van der Waals surface area contributed by atoms with Crippen LogP contribution in [-0.4, -0.2) is 53.7 Å². The fraction of sp³-hybridized carbons (Fsp3) is 0.647. The number of aromatic nitrogens is 2. The maximum Gasteiger partial charge on any atom is 0.170 e. The minimum absolute atomic E-state index is 0.103. The second-order valence-electron chi connectivity index (χ2n) is 6.80. The summed E-state index contributed by atoms with van der Waals surface area (Å²) in [7, 11) is 2.11. The largest absolute Gasteiger partial charge is 0.384 e. The number of allylic oxidation sites excluding steroid dienone is 1. The molecule has 128 valence electrons. The third-order valence-corrected chi connectivity index (χ3v) is 4.30. The van der Waals surface area contributed by atoms with E-state index in [0.717, 1.165) is 37.2 Å². The number of nitrogens with zero attached hydrogens (tertiary/aromatic N) is 2. The molecular formula is C17H27FN4O. The lowest BCUT2D eigenvalue weighted by Crippen LogP contribution is -2.31. The Labute approximate surface area is 137 Å². The van der Waals surface area contributed by atoms with Crippen molar-refractivity contribution in [1.29, 1.82) is 0 Å². The molecule has 1 aliphatic heterocycles. The zero-order chi connectivity index (χ0) is 17.0. The molecule has 3 rings (SSSR count). The normalized spacial score (nSPS) is 26.6. The van der Waals surface area contributed by atoms with E-state index in [4.69, 9.17) is 0 Å². The Bertz CT molecular complexity index is 542. The molecule has 1 aliphatic carbocycles. The summed E-state index contributed by atoms with van der Waals surface area (Å²) in [5.41, 5.74) is 2.39. The monoisotopic (exact) mass is 322 g/mol. The van der Waals surface area contributed by atoms with E-state index in [2.05, 4.69) is 34.0 Å². The summed E-state index contributed by atoms with van der Waals surface area (Å²) in [5.74, 6) is 0.507. The first-order valence-electron chi connectivity index (χ1n) is 8.19. The number of carbonyl (C=O) groups is 1. The van der Waals surface area contributed by atoms with Crippen molar-refractivity contribution in [1.82, 2.24) is 20.4 Å². The van der Waals surface area contributed by atoms with Crippen molar-refractivity contribution < 1.29 is 9.18 Å². The van der Waals surface area contributed by atoms with Crippen LogP contribution in [0.25, 0.3) is 0 Å². The van der Waals surface area contributed by atoms with E-state index in [0.29, 0.717) is 24.1 Å². The first kappa shape index (κ1) is 17.7. The molecule has 0 aromatic carbocycles. The molecule has 3 atom stereocenters. The number of hydrogen-bond donors (Lipinski definition) is 2. The van der Waals surface area contributed by atoms with E-state index >= 15 is 0 Å². The molecule has 0 bridgehead atoms. The lowest BCUT2D eigenvalue weighted by atomic mass is 10.1. The topological polar surface area (TPSA) is 61.0 Å². The molecule has 2 fully saturated rings. The van der Waals surface area contributed by atoms with E-state index in [1.165, 1.54) is 0 Å². The molecular weight excluding hydrogens is 295 g/mol. The van der Waals surface area contributed by atoms with Crippen molar-refractivity contribution >= 4 is 6.29 Å². The van der Waals surface area contributed by atoms with Crippen LogP contribution in [0, 0.1) is 5.92 Å². The highest BCUT2D eigenvalue weighted by Crippen LogP contribution is 2.38. The summed E-state index contributed by atoms with van der Waals surface area (Å²) in [6.45, 7) is 10.2. The number of carbonyl (C=O) groups excluding carboxylic acids is 1. The molecule has 2 heterocycles. The number of nitrogens with one attached hydrogen (secondary N) is 2. The lowest BCUT2D eigenvalue weighted by molar-refractivity contribution is 0.111. The van der Waals surface area contributed by atoms with E-state index in [9.17, 15) is 9.18 Å². The Kier molecular flexibility index (Phi) is 5.93. The van der Waals surface area contributed by atoms with Crippen LogP contribution in [0.1, 0.15) is 48.8 Å². The van der Waals surface area contributed by atoms with Gasteiger partial charge < -0.3 is 10.2 Å². The van der Waals surface area contributed by atoms with Crippen molar-refractivity contribution in [3.8, 4) is 0 Å². The summed E-state index contributed by atoms with van der Waals surface area (Å²) < 4.78 is 12.7. The predicted molar refractivity (Wildman–Crippen MR) is 89.2 cm³/mol. The summed E-state index contributed by atoms with van der Waals surface area (Å²) in [6.07, 6.45) is 1.94. The molecule has 2 aliphatic rings. The molecule has 0 radical (unpaired) electrons. The number of aldehydes is 1. The number of halogens is 1. The van der Waals surface area contributed by atoms with E-state index in [1.54, 1.807) is 6.07 Å². The number of rotatable bonds is 5. The van der Waals surface area contributed by atoms with Crippen LogP contribution in [0.2, 0.25) is 0 Å². The maximum absolute atomic E-state index is 12.7. The van der Waals surface area contributed by atoms with E-state index in [1.807, 2.05) is 13.8 Å². The first-order chi connectivity index (χ1) is 10.9. The Morgan fingerprint density at radius 2 is 2.30 bits per heavy atom. The van der Waals surface area contributed by atoms with Gasteiger partial charge in [0, 0.05) is 29.9 Å². The van der Waals surface area contributed by atoms with Crippen molar-refractivity contribution in [2.75, 3.05) is 20.1 Å². The van der Waals surface area contributed by atoms with E-state index < -0.39 is 6.17 Å². The van der Waals surface area contributed by atoms with Gasteiger partial charge in [-0.1, -0.05) is 20.4 Å². The molecule has 2 N–H and O–H groups in total. The van der Waals surface area contributed by atoms with Crippen molar-refractivity contribution in [2.24, 2.45) is 5.92 Å². The quantitative estimate of drug-likeness (QED) is 0.818. The highest BCUT2D eigenvalue weighted by atomic mass is 19.1. The third kappa shape index (κ3) is 5.16. The zero-order valence-electron chi connectivity index (χ0n) is 14.2. The molecule has 6 heteroatoms. The number of H-pyrrole nitrogens is 1. The highest BCUT2D eigenvalue weighted by molar-refractivity contribution is 5.71. The molecule has 1 aromatic rings. The SMILES string of the molecule is C=C(N[C@H]1CCN(C)C1)[C@@H]1CC1F.CC(C)c1cc(C=O)n[nH]1. The van der Waals surface area contributed by atoms with Gasteiger partial charge in [0.05, 0.1) is 0 Å². The number of likely N-dealkylation sites (tertiary alicyclic amines) is 1. The minimum Gasteiger partial charge on any atom is -0.384 e. The van der Waals surface area contributed by atoms with Gasteiger partial charge in [0.2, 0.25) is 0 Å². The summed E-state index contributed by atoms with van der Waals surface area (Å²) >= 11 is 0. The smallest absolute Gasteiger partial charge is 0.170 e. The van der Waals surface area contributed by atoms with Crippen molar-refractivity contribution in [3.63, 3.8) is 0 Å². The van der Waals surface area contributed by atoms with Crippen LogP contribution in [-0.2, 0) is 0 Å². The van der Waals surface area contributed by atoms with Gasteiger partial charge in [0.15, 0.2) is 6.29 Å². The molecule has 23 heavy (non-hydrogen) atoms. The van der Waals surface area contributed by atoms with Crippen LogP contribution >= 0.6 is 0 Å². The predicted octanol–water partition coefficient (Wildman–Crippen LogP) is 2.50. The first-order valence-corrected chi connectivity index (χ1v) is 8.19. The summed E-state index contributed by atoms with van der Waals surface area (Å²) in [6, 6.07) is 2.25. The third-order valence-electron chi connectivity index (χ3n) is 4.30. The fourth-order valence-electron chi connectivity index (χ4n) is 2.66. The van der Waals surface area contributed by atoms with Crippen molar-refractivity contribution in [3.05, 3.63) is 29.7 Å². The maximum atomic E-state index is 12.7. The Balaban J connectivity index is 0.000000174. The molecule has 0 spiro atoms. The van der Waals surface area contributed by atoms with Gasteiger partial charge in [0.25, 0.3) is 0 Å². The van der Waals surface area contributed by atoms with Crippen LogP contribution in [0.4, 0.5) is 4.39 Å². The van der Waals surface area contributed by atoms with Gasteiger partial charge in [-0.05, 0) is 38.4 Å². The van der Waals surface area contributed by atoms with Gasteiger partial charge in [-0.2, -0.15) is 5.10 Å². The van der Waals surface area contributed by atoms with Crippen molar-refractivity contribution in [2.45, 2.75) is 44.8 Å². The molecule has 1 aromatic heterocycles. The molecule has 5 nitrogen and oxygen atoms in total. The van der Waals surface area contributed by atoms with Gasteiger partial charge in [-0.3, -0.25) is 9.89 Å². The van der Waals surface area contributed by atoms with Crippen LogP contribution in [0.5, 0.6) is 0 Å². The molecule has 1 saturated carbocycles. The molecule has 1 saturated heterocycles. The average Bonchev–Trinajstić information content (AvgIpc) is 2.92. The second-order valence-corrected chi connectivity index (χ2v) is 6.80. The van der Waals surface area contributed by atoms with Crippen LogP contribution in [0.15, 0.2) is 18.3 Å². The summed E-state index contributed by atoms with van der Waals surface area (Å²) in [5, 5.41) is 9.86. The number of alkyl halides is 1. The standard InChI is InChI=1S/C10H17FN2.C7H10N2O/c1-7(9-5-10(9)11)12-8-3-4-13(2)6-8;1-5(2)7-3-6(4-10)8-9-7/h8-10,12H,1,3-6H2,2H3;3-5H,1-2H3,(H,8,9)/t8-,9-,10?;/m0./s1. The van der Waals surface area contributed by atoms with Gasteiger partial charge in [0.1, 0.15) is 11.9 Å². The van der Waals surface area contributed by atoms with Gasteiger partial charge in [-0.25, -0.2) is 4.39 Å².